The van der Waals surface area contributed by atoms with E-state index in [1.807, 2.05) is 12.1 Å². The lowest BCUT2D eigenvalue weighted by Gasteiger charge is -2.22. The zero-order valence-electron chi connectivity index (χ0n) is 8.03. The van der Waals surface area contributed by atoms with E-state index in [-0.39, 0.29) is 6.10 Å². The zero-order chi connectivity index (χ0) is 9.60. The van der Waals surface area contributed by atoms with Crippen LogP contribution in [-0.2, 0) is 21.2 Å². The summed E-state index contributed by atoms with van der Waals surface area (Å²) in [6, 6.07) is 8.30. The lowest BCUT2D eigenvalue weighted by atomic mass is 10.1. The number of ether oxygens (including phenoxy) is 2. The van der Waals surface area contributed by atoms with Gasteiger partial charge in [0.1, 0.15) is 0 Å². The third-order valence-electron chi connectivity index (χ3n) is 2.63. The van der Waals surface area contributed by atoms with E-state index in [9.17, 15) is 0 Å². The molecule has 2 aliphatic rings. The molecule has 0 bridgehead atoms. The van der Waals surface area contributed by atoms with Crippen LogP contribution in [0.5, 0.6) is 0 Å². The van der Waals surface area contributed by atoms with Crippen molar-refractivity contribution in [3.05, 3.63) is 35.4 Å². The Balaban J connectivity index is 2.05. The summed E-state index contributed by atoms with van der Waals surface area (Å²) in [7, 11) is 0. The number of benzene rings is 1. The first-order valence-corrected chi connectivity index (χ1v) is 5.83. The van der Waals surface area contributed by atoms with Crippen LogP contribution in [0, 0.1) is 0 Å². The molecule has 1 aromatic carbocycles. The minimum absolute atomic E-state index is 0.283. The summed E-state index contributed by atoms with van der Waals surface area (Å²) < 4.78 is 11.7. The number of rotatable bonds is 0. The Kier molecular flexibility index (Phi) is 1.87. The smallest absolute Gasteiger partial charge is 0.246 e. The molecule has 74 valence electrons. The fraction of sp³-hybridized carbons (Fsp3) is 0.455. The van der Waals surface area contributed by atoms with Gasteiger partial charge in [0, 0.05) is 11.3 Å². The highest BCUT2D eigenvalue weighted by Gasteiger charge is 2.47. The predicted molar refractivity (Wildman–Crippen MR) is 55.9 cm³/mol. The molecule has 2 aliphatic heterocycles. The van der Waals surface area contributed by atoms with Gasteiger partial charge in [0.15, 0.2) is 0 Å². The van der Waals surface area contributed by atoms with Crippen LogP contribution in [-0.4, -0.2) is 11.9 Å². The molecule has 3 rings (SSSR count). The Morgan fingerprint density at radius 3 is 3.07 bits per heavy atom. The van der Waals surface area contributed by atoms with Crippen molar-refractivity contribution in [3.63, 3.8) is 0 Å². The van der Waals surface area contributed by atoms with Gasteiger partial charge < -0.3 is 9.47 Å². The van der Waals surface area contributed by atoms with E-state index in [4.69, 9.17) is 9.47 Å². The minimum atomic E-state index is -0.490. The van der Waals surface area contributed by atoms with E-state index >= 15 is 0 Å². The number of fused-ring (bicyclic) bond motifs is 2. The molecule has 3 heteroatoms. The minimum Gasteiger partial charge on any atom is -0.334 e. The molecular formula is C11H12O2S. The number of thioether (sulfide) groups is 1. The first kappa shape index (κ1) is 8.77. The van der Waals surface area contributed by atoms with E-state index in [1.165, 1.54) is 11.1 Å². The van der Waals surface area contributed by atoms with Gasteiger partial charge in [0.2, 0.25) is 5.12 Å². The summed E-state index contributed by atoms with van der Waals surface area (Å²) in [4.78, 5) is 0. The second-order valence-corrected chi connectivity index (χ2v) is 4.90. The first-order valence-electron chi connectivity index (χ1n) is 4.84. The Morgan fingerprint density at radius 1 is 1.43 bits per heavy atom. The second kappa shape index (κ2) is 2.99. The van der Waals surface area contributed by atoms with Crippen LogP contribution in [0.4, 0.5) is 0 Å². The fourth-order valence-corrected chi connectivity index (χ4v) is 3.22. The highest BCUT2D eigenvalue weighted by atomic mass is 32.2. The summed E-state index contributed by atoms with van der Waals surface area (Å²) in [5, 5.41) is -0.490. The van der Waals surface area contributed by atoms with E-state index in [0.717, 1.165) is 5.75 Å². The van der Waals surface area contributed by atoms with Gasteiger partial charge in [0.05, 0.1) is 12.7 Å². The Morgan fingerprint density at radius 2 is 2.29 bits per heavy atom. The van der Waals surface area contributed by atoms with Crippen LogP contribution < -0.4 is 0 Å². The van der Waals surface area contributed by atoms with Gasteiger partial charge in [-0.05, 0) is 12.5 Å². The van der Waals surface area contributed by atoms with Crippen LogP contribution in [0.15, 0.2) is 24.3 Å². The largest absolute Gasteiger partial charge is 0.334 e. The van der Waals surface area contributed by atoms with E-state index in [1.54, 1.807) is 11.8 Å². The van der Waals surface area contributed by atoms with Crippen molar-refractivity contribution < 1.29 is 9.47 Å². The molecular weight excluding hydrogens is 196 g/mol. The maximum atomic E-state index is 5.88. The van der Waals surface area contributed by atoms with Gasteiger partial charge in [0.25, 0.3) is 0 Å². The lowest BCUT2D eigenvalue weighted by Crippen LogP contribution is -2.21. The van der Waals surface area contributed by atoms with Crippen LogP contribution in [0.25, 0.3) is 0 Å². The van der Waals surface area contributed by atoms with Crippen molar-refractivity contribution in [2.24, 2.45) is 0 Å². The van der Waals surface area contributed by atoms with Crippen molar-refractivity contribution in [2.75, 3.05) is 5.75 Å². The van der Waals surface area contributed by atoms with Crippen molar-refractivity contribution in [3.8, 4) is 0 Å². The normalized spacial score (nSPS) is 35.1. The van der Waals surface area contributed by atoms with E-state index in [2.05, 4.69) is 19.1 Å². The van der Waals surface area contributed by atoms with Gasteiger partial charge >= 0.3 is 0 Å². The van der Waals surface area contributed by atoms with Gasteiger partial charge in [-0.25, -0.2) is 0 Å². The Hall–Kier alpha value is -0.510. The molecule has 1 aromatic rings. The van der Waals surface area contributed by atoms with Gasteiger partial charge in [-0.3, -0.25) is 0 Å². The lowest BCUT2D eigenvalue weighted by molar-refractivity contribution is -0.177. The van der Waals surface area contributed by atoms with Crippen molar-refractivity contribution >= 4 is 11.8 Å². The monoisotopic (exact) mass is 208 g/mol. The van der Waals surface area contributed by atoms with Crippen LogP contribution in [0.1, 0.15) is 18.1 Å². The Labute approximate surface area is 87.6 Å². The van der Waals surface area contributed by atoms with Crippen molar-refractivity contribution in [2.45, 2.75) is 24.8 Å². The summed E-state index contributed by atoms with van der Waals surface area (Å²) in [6.45, 7) is 2.77. The van der Waals surface area contributed by atoms with Crippen LogP contribution >= 0.6 is 11.8 Å². The van der Waals surface area contributed by atoms with Crippen LogP contribution in [0.3, 0.4) is 0 Å². The molecule has 14 heavy (non-hydrogen) atoms. The highest BCUT2D eigenvalue weighted by Crippen LogP contribution is 2.50. The molecule has 2 heterocycles. The first-order chi connectivity index (χ1) is 6.80. The molecule has 0 aromatic heterocycles. The number of hydrogen-bond acceptors (Lipinski definition) is 3. The van der Waals surface area contributed by atoms with E-state index < -0.39 is 5.12 Å². The zero-order valence-corrected chi connectivity index (χ0v) is 8.84. The van der Waals surface area contributed by atoms with Gasteiger partial charge in [-0.1, -0.05) is 36.0 Å². The van der Waals surface area contributed by atoms with Crippen molar-refractivity contribution in [1.82, 2.24) is 0 Å². The number of hydrogen-bond donors (Lipinski definition) is 0. The molecule has 2 nitrogen and oxygen atoms in total. The molecule has 1 saturated heterocycles. The SMILES string of the molecule is C[C@H]1CS[C@]2(OCc3ccccc32)O1. The Bertz CT molecular complexity index is 362. The standard InChI is InChI=1S/C11H12O2S/c1-8-7-14-11(13-8)10-5-3-2-4-9(10)6-12-11/h2-5,8H,6-7H2,1H3/t8-,11+/m0/s1. The van der Waals surface area contributed by atoms with Crippen LogP contribution in [0.2, 0.25) is 0 Å². The third-order valence-corrected chi connectivity index (χ3v) is 4.08. The highest BCUT2D eigenvalue weighted by molar-refractivity contribution is 8.00. The summed E-state index contributed by atoms with van der Waals surface area (Å²) in [5.74, 6) is 1.01. The summed E-state index contributed by atoms with van der Waals surface area (Å²) in [5.41, 5.74) is 2.46. The fourth-order valence-electron chi connectivity index (χ4n) is 1.97. The summed E-state index contributed by atoms with van der Waals surface area (Å²) >= 11 is 1.76. The quantitative estimate of drug-likeness (QED) is 0.652. The molecule has 0 N–H and O–H groups in total. The topological polar surface area (TPSA) is 18.5 Å². The molecule has 1 fully saturated rings. The molecule has 2 atom stereocenters. The van der Waals surface area contributed by atoms with Gasteiger partial charge in [-0.2, -0.15) is 0 Å². The third kappa shape index (κ3) is 1.13. The molecule has 0 unspecified atom stereocenters. The molecule has 0 amide bonds. The maximum Gasteiger partial charge on any atom is 0.246 e. The predicted octanol–water partition coefficient (Wildman–Crippen LogP) is 2.48. The maximum absolute atomic E-state index is 5.88. The molecule has 0 saturated carbocycles. The molecule has 0 aliphatic carbocycles. The average molecular weight is 208 g/mol. The average Bonchev–Trinajstić information content (AvgIpc) is 2.75. The second-order valence-electron chi connectivity index (χ2n) is 3.74. The molecule has 0 radical (unpaired) electrons. The van der Waals surface area contributed by atoms with E-state index in [0.29, 0.717) is 6.61 Å². The van der Waals surface area contributed by atoms with Crippen molar-refractivity contribution in [1.29, 1.82) is 0 Å². The molecule has 1 spiro atoms. The summed E-state index contributed by atoms with van der Waals surface area (Å²) in [6.07, 6.45) is 0.283. The van der Waals surface area contributed by atoms with Gasteiger partial charge in [-0.15, -0.1) is 0 Å².